The predicted molar refractivity (Wildman–Crippen MR) is 128 cm³/mol. The minimum absolute atomic E-state index is 0.0453. The average Bonchev–Trinajstić information content (AvgIpc) is 3.52. The molecule has 0 saturated heterocycles. The van der Waals surface area contributed by atoms with Gasteiger partial charge in [-0.25, -0.2) is 0 Å². The van der Waals surface area contributed by atoms with Crippen LogP contribution in [0.15, 0.2) is 108 Å². The van der Waals surface area contributed by atoms with Crippen LogP contribution in [0.3, 0.4) is 0 Å². The number of H-pyrrole nitrogens is 1. The molecule has 5 heteroatoms. The fourth-order valence-corrected chi connectivity index (χ4v) is 4.07. The first-order valence-electron chi connectivity index (χ1n) is 10.9. The highest BCUT2D eigenvalue weighted by molar-refractivity contribution is 5.86. The molecule has 2 N–H and O–H groups in total. The van der Waals surface area contributed by atoms with E-state index in [1.54, 1.807) is 6.26 Å². The first kappa shape index (κ1) is 20.6. The number of carbonyl (C=O) groups excluding carboxylic acids is 1. The highest BCUT2D eigenvalue weighted by Gasteiger charge is 2.22. The minimum Gasteiger partial charge on any atom is -0.467 e. The van der Waals surface area contributed by atoms with Crippen molar-refractivity contribution in [2.24, 2.45) is 0 Å². The van der Waals surface area contributed by atoms with E-state index in [0.29, 0.717) is 13.0 Å². The van der Waals surface area contributed by atoms with Gasteiger partial charge in [-0.05, 0) is 53.6 Å². The topological polar surface area (TPSA) is 67.3 Å². The summed E-state index contributed by atoms with van der Waals surface area (Å²) in [6, 6.07) is 29.4. The lowest BCUT2D eigenvalue weighted by Crippen LogP contribution is -2.24. The lowest BCUT2D eigenvalue weighted by Gasteiger charge is -2.18. The number of ether oxygens (including phenoxy) is 1. The van der Waals surface area contributed by atoms with Gasteiger partial charge < -0.3 is 19.5 Å². The van der Waals surface area contributed by atoms with Gasteiger partial charge >= 0.3 is 0 Å². The van der Waals surface area contributed by atoms with Crippen LogP contribution in [0.25, 0.3) is 10.9 Å². The molecule has 5 nitrogen and oxygen atoms in total. The molecule has 2 aromatic heterocycles. The molecule has 1 unspecified atom stereocenters. The Bertz CT molecular complexity index is 1340. The summed E-state index contributed by atoms with van der Waals surface area (Å²) in [5.74, 6) is 2.05. The van der Waals surface area contributed by atoms with Gasteiger partial charge in [0.15, 0.2) is 0 Å². The number of aromatic nitrogens is 1. The second-order valence-electron chi connectivity index (χ2n) is 7.89. The summed E-state index contributed by atoms with van der Waals surface area (Å²) < 4.78 is 11.4. The van der Waals surface area contributed by atoms with Gasteiger partial charge in [0, 0.05) is 29.4 Å². The summed E-state index contributed by atoms with van der Waals surface area (Å²) in [5, 5.41) is 4.08. The summed E-state index contributed by atoms with van der Waals surface area (Å²) in [5.41, 5.74) is 3.14. The Morgan fingerprint density at radius 3 is 2.58 bits per heavy atom. The fourth-order valence-electron chi connectivity index (χ4n) is 4.07. The van der Waals surface area contributed by atoms with E-state index in [1.807, 2.05) is 91.1 Å². The molecule has 0 spiro atoms. The number of carbonyl (C=O) groups is 1. The van der Waals surface area contributed by atoms with Gasteiger partial charge in [0.2, 0.25) is 5.91 Å². The van der Waals surface area contributed by atoms with Crippen molar-refractivity contribution in [3.8, 4) is 11.5 Å². The quantitative estimate of drug-likeness (QED) is 0.296. The Hall–Kier alpha value is -4.25. The molecule has 0 aliphatic rings. The van der Waals surface area contributed by atoms with E-state index >= 15 is 0 Å². The smallest absolute Gasteiger partial charge is 0.221 e. The lowest BCUT2D eigenvalue weighted by molar-refractivity contribution is -0.121. The van der Waals surface area contributed by atoms with Crippen LogP contribution in [-0.4, -0.2) is 10.9 Å². The van der Waals surface area contributed by atoms with Crippen LogP contribution in [0, 0.1) is 0 Å². The van der Waals surface area contributed by atoms with Gasteiger partial charge in [-0.3, -0.25) is 4.79 Å². The maximum absolute atomic E-state index is 12.9. The maximum atomic E-state index is 12.9. The molecule has 3 aromatic carbocycles. The zero-order valence-corrected chi connectivity index (χ0v) is 18.0. The van der Waals surface area contributed by atoms with E-state index in [4.69, 9.17) is 9.15 Å². The summed E-state index contributed by atoms with van der Waals surface area (Å²) in [7, 11) is 0. The molecule has 0 radical (unpaired) electrons. The molecule has 0 aliphatic heterocycles. The Morgan fingerprint density at radius 2 is 1.73 bits per heavy atom. The zero-order valence-electron chi connectivity index (χ0n) is 18.0. The van der Waals surface area contributed by atoms with E-state index in [9.17, 15) is 4.79 Å². The molecular formula is C28H24N2O3. The van der Waals surface area contributed by atoms with Gasteiger partial charge in [0.05, 0.1) is 12.8 Å². The van der Waals surface area contributed by atoms with Gasteiger partial charge in [-0.15, -0.1) is 0 Å². The van der Waals surface area contributed by atoms with Gasteiger partial charge in [-0.2, -0.15) is 0 Å². The minimum atomic E-state index is -0.142. The molecule has 0 aliphatic carbocycles. The van der Waals surface area contributed by atoms with E-state index in [0.717, 1.165) is 39.3 Å². The molecule has 0 bridgehead atoms. The van der Waals surface area contributed by atoms with Crippen LogP contribution < -0.4 is 10.1 Å². The number of fused-ring (bicyclic) bond motifs is 1. The number of para-hydroxylation sites is 2. The lowest BCUT2D eigenvalue weighted by atomic mass is 9.88. The van der Waals surface area contributed by atoms with Crippen molar-refractivity contribution >= 4 is 16.8 Å². The summed E-state index contributed by atoms with van der Waals surface area (Å²) >= 11 is 0. The van der Waals surface area contributed by atoms with E-state index in [-0.39, 0.29) is 11.8 Å². The number of furan rings is 1. The monoisotopic (exact) mass is 436 g/mol. The molecule has 2 heterocycles. The van der Waals surface area contributed by atoms with Crippen molar-refractivity contribution in [2.45, 2.75) is 18.9 Å². The van der Waals surface area contributed by atoms with Gasteiger partial charge in [-0.1, -0.05) is 48.5 Å². The second-order valence-corrected chi connectivity index (χ2v) is 7.89. The number of aromatic amines is 1. The van der Waals surface area contributed by atoms with Crippen LogP contribution in [0.5, 0.6) is 11.5 Å². The van der Waals surface area contributed by atoms with E-state index in [2.05, 4.69) is 16.4 Å². The zero-order chi connectivity index (χ0) is 22.5. The maximum Gasteiger partial charge on any atom is 0.221 e. The van der Waals surface area contributed by atoms with Crippen LogP contribution in [0.2, 0.25) is 0 Å². The largest absolute Gasteiger partial charge is 0.467 e. The summed E-state index contributed by atoms with van der Waals surface area (Å²) in [4.78, 5) is 16.3. The highest BCUT2D eigenvalue weighted by Crippen LogP contribution is 2.35. The summed E-state index contributed by atoms with van der Waals surface area (Å²) in [6.07, 6.45) is 3.91. The number of rotatable bonds is 8. The Kier molecular flexibility index (Phi) is 5.93. The van der Waals surface area contributed by atoms with E-state index in [1.165, 1.54) is 0 Å². The van der Waals surface area contributed by atoms with Crippen LogP contribution in [0.1, 0.15) is 29.2 Å². The number of hydrogen-bond acceptors (Lipinski definition) is 3. The third kappa shape index (κ3) is 4.83. The van der Waals surface area contributed by atoms with Crippen molar-refractivity contribution in [1.29, 1.82) is 0 Å². The summed E-state index contributed by atoms with van der Waals surface area (Å²) in [6.45, 7) is 0.365. The molecular weight excluding hydrogens is 412 g/mol. The third-order valence-electron chi connectivity index (χ3n) is 5.67. The van der Waals surface area contributed by atoms with Gasteiger partial charge in [0.25, 0.3) is 0 Å². The predicted octanol–water partition coefficient (Wildman–Crippen LogP) is 6.39. The molecule has 1 amide bonds. The third-order valence-corrected chi connectivity index (χ3v) is 5.67. The SMILES string of the molecule is O=C(CC(c1cccc(Oc2ccccc2)c1)c1c[nH]c2ccccc12)NCc1ccco1. The molecule has 5 aromatic rings. The van der Waals surface area contributed by atoms with Crippen LogP contribution in [-0.2, 0) is 11.3 Å². The van der Waals surface area contributed by atoms with Gasteiger partial charge in [0.1, 0.15) is 17.3 Å². The Morgan fingerprint density at radius 1 is 0.909 bits per heavy atom. The second kappa shape index (κ2) is 9.49. The first-order valence-corrected chi connectivity index (χ1v) is 10.9. The molecule has 0 fully saturated rings. The van der Waals surface area contributed by atoms with Crippen molar-refractivity contribution in [2.75, 3.05) is 0 Å². The standard InChI is InChI=1S/C28H24N2O3/c31-28(30-18-23-12-7-15-32-23)17-25(26-19-29-27-14-5-4-13-24(26)27)20-8-6-11-22(16-20)33-21-9-2-1-3-10-21/h1-16,19,25,29H,17-18H2,(H,30,31). The van der Waals surface area contributed by atoms with Crippen molar-refractivity contribution in [3.05, 3.63) is 120 Å². The van der Waals surface area contributed by atoms with E-state index < -0.39 is 0 Å². The molecule has 33 heavy (non-hydrogen) atoms. The number of hydrogen-bond donors (Lipinski definition) is 2. The molecule has 5 rings (SSSR count). The number of amides is 1. The number of nitrogens with one attached hydrogen (secondary N) is 2. The average molecular weight is 437 g/mol. The molecule has 164 valence electrons. The fraction of sp³-hybridized carbons (Fsp3) is 0.107. The Balaban J connectivity index is 1.44. The Labute approximate surface area is 192 Å². The van der Waals surface area contributed by atoms with Crippen molar-refractivity contribution in [3.63, 3.8) is 0 Å². The highest BCUT2D eigenvalue weighted by atomic mass is 16.5. The normalized spacial score (nSPS) is 11.9. The van der Waals surface area contributed by atoms with Crippen molar-refractivity contribution < 1.29 is 13.9 Å². The molecule has 1 atom stereocenters. The van der Waals surface area contributed by atoms with Crippen molar-refractivity contribution in [1.82, 2.24) is 10.3 Å². The number of benzene rings is 3. The molecule has 0 saturated carbocycles. The first-order chi connectivity index (χ1) is 16.3. The van der Waals surface area contributed by atoms with Crippen LogP contribution in [0.4, 0.5) is 0 Å². The van der Waals surface area contributed by atoms with Crippen LogP contribution >= 0.6 is 0 Å².